The fourth-order valence-corrected chi connectivity index (χ4v) is 4.97. The summed E-state index contributed by atoms with van der Waals surface area (Å²) in [7, 11) is 0. The molecule has 2 aromatic heterocycles. The first kappa shape index (κ1) is 22.7. The van der Waals surface area contributed by atoms with Gasteiger partial charge in [-0.2, -0.15) is 5.10 Å². The van der Waals surface area contributed by atoms with E-state index in [1.807, 2.05) is 0 Å². The van der Waals surface area contributed by atoms with Crippen molar-refractivity contribution in [2.24, 2.45) is 0 Å². The number of ether oxygens (including phenoxy) is 1. The molecule has 2 heterocycles. The molecule has 1 aromatic carbocycles. The fourth-order valence-electron chi connectivity index (χ4n) is 3.71. The Balaban J connectivity index is 1.63. The van der Waals surface area contributed by atoms with E-state index in [1.54, 1.807) is 36.5 Å². The molecule has 9 nitrogen and oxygen atoms in total. The van der Waals surface area contributed by atoms with Crippen LogP contribution in [0.1, 0.15) is 30.1 Å². The Morgan fingerprint density at radius 2 is 2.09 bits per heavy atom. The van der Waals surface area contributed by atoms with Crippen molar-refractivity contribution in [1.29, 1.82) is 0 Å². The minimum atomic E-state index is -2.35. The van der Waals surface area contributed by atoms with Crippen LogP contribution in [-0.2, 0) is 29.0 Å². The molecule has 0 saturated carbocycles. The van der Waals surface area contributed by atoms with Crippen LogP contribution in [-0.4, -0.2) is 34.6 Å². The second-order valence-corrected chi connectivity index (χ2v) is 9.24. The maximum absolute atomic E-state index is 12.3. The Labute approximate surface area is 199 Å². The van der Waals surface area contributed by atoms with Gasteiger partial charge in [0.15, 0.2) is 0 Å². The van der Waals surface area contributed by atoms with Gasteiger partial charge in [0, 0.05) is 16.3 Å². The summed E-state index contributed by atoms with van der Waals surface area (Å²) in [5.41, 5.74) is 1.90. The first-order valence-corrected chi connectivity index (χ1v) is 11.8. The molecule has 0 bridgehead atoms. The van der Waals surface area contributed by atoms with Crippen molar-refractivity contribution >= 4 is 50.5 Å². The third kappa shape index (κ3) is 4.80. The van der Waals surface area contributed by atoms with Gasteiger partial charge >= 0.3 is 5.97 Å². The first-order valence-electron chi connectivity index (χ1n) is 9.59. The first-order chi connectivity index (χ1) is 15.3. The Morgan fingerprint density at radius 1 is 1.34 bits per heavy atom. The van der Waals surface area contributed by atoms with Crippen LogP contribution in [0.5, 0.6) is 11.6 Å². The average molecular weight is 542 g/mol. The number of carbonyl (C=O) groups is 1. The monoisotopic (exact) mass is 540 g/mol. The highest BCUT2D eigenvalue weighted by Gasteiger charge is 2.33. The second-order valence-electron chi connectivity index (χ2n) is 7.10. The van der Waals surface area contributed by atoms with E-state index in [2.05, 4.69) is 26.0 Å². The lowest BCUT2D eigenvalue weighted by Crippen LogP contribution is -2.33. The number of anilines is 1. The summed E-state index contributed by atoms with van der Waals surface area (Å²) in [5, 5.41) is 13.9. The molecule has 4 rings (SSSR count). The number of carboxylic acid groups (broad SMARTS) is 1. The highest BCUT2D eigenvalue weighted by molar-refractivity contribution is 9.10. The molecule has 0 aliphatic heterocycles. The number of aromatic nitrogens is 3. The summed E-state index contributed by atoms with van der Waals surface area (Å²) in [6.45, 7) is -0.256. The number of fused-ring (bicyclic) bond motifs is 1. The zero-order chi connectivity index (χ0) is 22.8. The lowest BCUT2D eigenvalue weighted by Gasteiger charge is -2.32. The highest BCUT2D eigenvalue weighted by atomic mass is 79.9. The zero-order valence-corrected chi connectivity index (χ0v) is 19.7. The van der Waals surface area contributed by atoms with E-state index >= 15 is 0 Å². The number of pyridine rings is 1. The lowest BCUT2D eigenvalue weighted by atomic mass is 9.92. The largest absolute Gasteiger partial charge is 0.480 e. The molecule has 0 saturated heterocycles. The third-order valence-electron chi connectivity index (χ3n) is 5.04. The molecule has 168 valence electrons. The predicted octanol–water partition coefficient (Wildman–Crippen LogP) is 4.59. The molecule has 0 amide bonds. The molecular weight excluding hydrogens is 524 g/mol. The van der Waals surface area contributed by atoms with Gasteiger partial charge in [0.05, 0.1) is 28.6 Å². The maximum atomic E-state index is 12.3. The summed E-state index contributed by atoms with van der Waals surface area (Å²) < 4.78 is 31.5. The summed E-state index contributed by atoms with van der Waals surface area (Å²) in [5.74, 6) is -0.163. The zero-order valence-electron chi connectivity index (χ0n) is 16.5. The number of hydrogen-bond acceptors (Lipinski definition) is 5. The van der Waals surface area contributed by atoms with Gasteiger partial charge in [0.2, 0.25) is 5.88 Å². The van der Waals surface area contributed by atoms with Gasteiger partial charge in [0.1, 0.15) is 12.3 Å². The van der Waals surface area contributed by atoms with Crippen molar-refractivity contribution < 1.29 is 23.4 Å². The Kier molecular flexibility index (Phi) is 6.79. The molecule has 1 aliphatic carbocycles. The molecule has 3 aromatic rings. The molecular formula is C20H18BrClN4O5S. The standard InChI is InChI=1S/C20H18BrClN4O5S/c21-16-8-13(9-23-20(16)31-14-6-4-12(22)5-7-14)26(32(29)30)18-3-1-2-17-15(18)10-24-25(17)11-19(27)28/h4-10,18H,1-3,11H2,(H,27,28)(H,29,30). The number of benzene rings is 1. The van der Waals surface area contributed by atoms with E-state index in [4.69, 9.17) is 21.4 Å². The van der Waals surface area contributed by atoms with Crippen LogP contribution in [0.2, 0.25) is 5.02 Å². The van der Waals surface area contributed by atoms with Crippen LogP contribution in [0, 0.1) is 0 Å². The number of carboxylic acids is 1. The Hall–Kier alpha value is -2.47. The van der Waals surface area contributed by atoms with Crippen molar-refractivity contribution in [3.8, 4) is 11.6 Å². The van der Waals surface area contributed by atoms with E-state index in [1.165, 1.54) is 15.2 Å². The minimum Gasteiger partial charge on any atom is -0.480 e. The predicted molar refractivity (Wildman–Crippen MR) is 122 cm³/mol. The normalized spacial score (nSPS) is 16.3. The van der Waals surface area contributed by atoms with Gasteiger partial charge in [-0.25, -0.2) is 9.19 Å². The van der Waals surface area contributed by atoms with Crippen molar-refractivity contribution in [2.45, 2.75) is 31.8 Å². The fraction of sp³-hybridized carbons (Fsp3) is 0.250. The summed E-state index contributed by atoms with van der Waals surface area (Å²) >= 11 is 6.96. The lowest BCUT2D eigenvalue weighted by molar-refractivity contribution is -0.137. The SMILES string of the molecule is O=C(O)Cn1ncc2c1CCCC2N(c1cnc(Oc2ccc(Cl)cc2)c(Br)c1)S(=O)O. The minimum absolute atomic E-state index is 0.256. The third-order valence-corrected chi connectivity index (χ3v) is 6.67. The molecule has 12 heteroatoms. The average Bonchev–Trinajstić information content (AvgIpc) is 3.14. The van der Waals surface area contributed by atoms with Crippen LogP contribution in [0.4, 0.5) is 5.69 Å². The van der Waals surface area contributed by atoms with Crippen LogP contribution in [0.3, 0.4) is 0 Å². The smallest absolute Gasteiger partial charge is 0.325 e. The Morgan fingerprint density at radius 3 is 2.75 bits per heavy atom. The van der Waals surface area contributed by atoms with Crippen molar-refractivity contribution in [3.05, 3.63) is 63.5 Å². The molecule has 0 fully saturated rings. The summed E-state index contributed by atoms with van der Waals surface area (Å²) in [6, 6.07) is 8.00. The van der Waals surface area contributed by atoms with Crippen LogP contribution in [0.25, 0.3) is 0 Å². The van der Waals surface area contributed by atoms with Crippen molar-refractivity contribution in [1.82, 2.24) is 14.8 Å². The Bertz CT molecular complexity index is 1170. The van der Waals surface area contributed by atoms with Crippen LogP contribution in [0.15, 0.2) is 47.2 Å². The molecule has 32 heavy (non-hydrogen) atoms. The molecule has 0 spiro atoms. The number of nitrogens with zero attached hydrogens (tertiary/aromatic N) is 4. The van der Waals surface area contributed by atoms with Crippen LogP contribution < -0.4 is 9.04 Å². The van der Waals surface area contributed by atoms with Crippen LogP contribution >= 0.6 is 27.5 Å². The van der Waals surface area contributed by atoms with Crippen molar-refractivity contribution in [2.75, 3.05) is 4.31 Å². The maximum Gasteiger partial charge on any atom is 0.325 e. The van der Waals surface area contributed by atoms with Gasteiger partial charge in [-0.3, -0.25) is 18.3 Å². The summed E-state index contributed by atoms with van der Waals surface area (Å²) in [6.07, 6.45) is 5.02. The molecule has 1 aliphatic rings. The van der Waals surface area contributed by atoms with Gasteiger partial charge in [0.25, 0.3) is 11.3 Å². The number of halogens is 2. The highest BCUT2D eigenvalue weighted by Crippen LogP contribution is 2.39. The number of hydrogen-bond donors (Lipinski definition) is 2. The molecule has 2 atom stereocenters. The van der Waals surface area contributed by atoms with Gasteiger partial charge in [-0.05, 0) is 65.5 Å². The molecule has 2 N–H and O–H groups in total. The number of rotatable bonds is 7. The second kappa shape index (κ2) is 9.57. The van der Waals surface area contributed by atoms with E-state index in [9.17, 15) is 13.6 Å². The molecule has 2 unspecified atom stereocenters. The van der Waals surface area contributed by atoms with Gasteiger partial charge in [-0.15, -0.1) is 0 Å². The van der Waals surface area contributed by atoms with Crippen molar-refractivity contribution in [3.63, 3.8) is 0 Å². The van der Waals surface area contributed by atoms with Gasteiger partial charge in [-0.1, -0.05) is 11.6 Å². The van der Waals surface area contributed by atoms with E-state index in [0.29, 0.717) is 39.7 Å². The van der Waals surface area contributed by atoms with E-state index < -0.39 is 23.3 Å². The van der Waals surface area contributed by atoms with Gasteiger partial charge < -0.3 is 9.84 Å². The number of aliphatic carboxylic acids is 1. The quantitative estimate of drug-likeness (QED) is 0.420. The topological polar surface area (TPSA) is 118 Å². The summed E-state index contributed by atoms with van der Waals surface area (Å²) in [4.78, 5) is 15.4. The van der Waals surface area contributed by atoms with E-state index in [0.717, 1.165) is 17.7 Å². The molecule has 0 radical (unpaired) electrons. The van der Waals surface area contributed by atoms with E-state index in [-0.39, 0.29) is 6.54 Å².